The average molecular weight is 488 g/mol. The molecule has 1 aromatic heterocycles. The number of rotatable bonds is 10. The van der Waals surface area contributed by atoms with Crippen molar-refractivity contribution in [1.82, 2.24) is 9.88 Å². The zero-order valence-electron chi connectivity index (χ0n) is 19.6. The molecule has 0 aliphatic heterocycles. The van der Waals surface area contributed by atoms with Gasteiger partial charge in [0.25, 0.3) is 0 Å². The van der Waals surface area contributed by atoms with Gasteiger partial charge in [-0.3, -0.25) is 0 Å². The summed E-state index contributed by atoms with van der Waals surface area (Å²) in [5.41, 5.74) is 2.25. The molecule has 0 fully saturated rings. The van der Waals surface area contributed by atoms with E-state index in [4.69, 9.17) is 24.7 Å². The fourth-order valence-corrected chi connectivity index (χ4v) is 3.83. The normalized spacial score (nSPS) is 10.7. The number of benzene rings is 2. The van der Waals surface area contributed by atoms with Crippen molar-refractivity contribution in [2.75, 3.05) is 46.3 Å². The molecule has 34 heavy (non-hydrogen) atoms. The van der Waals surface area contributed by atoms with Gasteiger partial charge < -0.3 is 29.5 Å². The van der Waals surface area contributed by atoms with Crippen LogP contribution in [0.1, 0.15) is 5.56 Å². The maximum absolute atomic E-state index is 9.55. The van der Waals surface area contributed by atoms with E-state index in [1.54, 1.807) is 25.6 Å². The zero-order chi connectivity index (χ0) is 25.1. The number of carboxylic acid groups (broad SMARTS) is 2. The molecule has 0 aliphatic rings. The second kappa shape index (κ2) is 13.2. The predicted octanol–water partition coefficient (Wildman–Crippen LogP) is 3.59. The maximum Gasteiger partial charge on any atom is 0.328 e. The van der Waals surface area contributed by atoms with E-state index in [2.05, 4.69) is 36.0 Å². The number of carboxylic acids is 2. The molecule has 0 aliphatic carbocycles. The molecule has 0 saturated heterocycles. The molecule has 0 bridgehead atoms. The number of carbonyl (C=O) groups is 2. The molecule has 3 rings (SSSR count). The lowest BCUT2D eigenvalue weighted by atomic mass is 10.2. The maximum atomic E-state index is 9.55. The third-order valence-corrected chi connectivity index (χ3v) is 5.65. The van der Waals surface area contributed by atoms with Crippen molar-refractivity contribution >= 4 is 38.6 Å². The van der Waals surface area contributed by atoms with Gasteiger partial charge in [0.1, 0.15) is 11.5 Å². The number of hydrogen-bond donors (Lipinski definition) is 2. The molecule has 2 aromatic carbocycles. The minimum Gasteiger partial charge on any atom is -0.497 e. The number of anilines is 1. The summed E-state index contributed by atoms with van der Waals surface area (Å²) in [4.78, 5) is 28.5. The monoisotopic (exact) mass is 487 g/mol. The summed E-state index contributed by atoms with van der Waals surface area (Å²) in [5.74, 6) is -0.775. The minimum atomic E-state index is -1.26. The molecule has 9 nitrogen and oxygen atoms in total. The highest BCUT2D eigenvalue weighted by atomic mass is 32.1. The van der Waals surface area contributed by atoms with E-state index in [1.165, 1.54) is 5.56 Å². The van der Waals surface area contributed by atoms with Gasteiger partial charge in [-0.2, -0.15) is 0 Å². The van der Waals surface area contributed by atoms with Gasteiger partial charge in [0.2, 0.25) is 0 Å². The van der Waals surface area contributed by atoms with Gasteiger partial charge in [0.05, 0.1) is 24.4 Å². The first-order chi connectivity index (χ1) is 16.2. The Morgan fingerprint density at radius 3 is 2.06 bits per heavy atom. The van der Waals surface area contributed by atoms with Crippen molar-refractivity contribution < 1.29 is 29.3 Å². The van der Waals surface area contributed by atoms with Crippen LogP contribution in [-0.4, -0.2) is 73.4 Å². The topological polar surface area (TPSA) is 112 Å². The van der Waals surface area contributed by atoms with E-state index < -0.39 is 11.9 Å². The van der Waals surface area contributed by atoms with E-state index in [0.29, 0.717) is 12.2 Å². The molecule has 0 saturated carbocycles. The number of fused-ring (bicyclic) bond motifs is 1. The van der Waals surface area contributed by atoms with Gasteiger partial charge in [-0.05, 0) is 50.0 Å². The molecule has 0 atom stereocenters. The summed E-state index contributed by atoms with van der Waals surface area (Å²) in [7, 11) is 7.56. The highest BCUT2D eigenvalue weighted by Crippen LogP contribution is 2.32. The van der Waals surface area contributed by atoms with Gasteiger partial charge in [-0.1, -0.05) is 23.5 Å². The lowest BCUT2D eigenvalue weighted by Crippen LogP contribution is -2.31. The van der Waals surface area contributed by atoms with Crippen LogP contribution in [0.25, 0.3) is 10.2 Å². The molecular weight excluding hydrogens is 458 g/mol. The molecule has 2 N–H and O–H groups in total. The van der Waals surface area contributed by atoms with Crippen molar-refractivity contribution in [1.29, 1.82) is 0 Å². The van der Waals surface area contributed by atoms with Crippen LogP contribution in [0.5, 0.6) is 11.5 Å². The van der Waals surface area contributed by atoms with Crippen LogP contribution in [0.15, 0.2) is 54.6 Å². The van der Waals surface area contributed by atoms with Crippen molar-refractivity contribution in [3.05, 3.63) is 60.2 Å². The molecule has 1 heterocycles. The van der Waals surface area contributed by atoms with Crippen LogP contribution < -0.4 is 14.4 Å². The number of methoxy groups -OCH3 is 2. The third kappa shape index (κ3) is 8.72. The van der Waals surface area contributed by atoms with Gasteiger partial charge in [0.15, 0.2) is 5.13 Å². The fourth-order valence-electron chi connectivity index (χ4n) is 2.81. The highest BCUT2D eigenvalue weighted by Gasteiger charge is 2.14. The van der Waals surface area contributed by atoms with E-state index in [9.17, 15) is 9.59 Å². The minimum absolute atomic E-state index is 0.558. The third-order valence-electron chi connectivity index (χ3n) is 4.57. The Morgan fingerprint density at radius 2 is 1.53 bits per heavy atom. The second-order valence-electron chi connectivity index (χ2n) is 7.41. The Morgan fingerprint density at radius 1 is 0.941 bits per heavy atom. The summed E-state index contributed by atoms with van der Waals surface area (Å²) in [6.45, 7) is 2.69. The molecule has 0 unspecified atom stereocenters. The number of hydrogen-bond acceptors (Lipinski definition) is 8. The lowest BCUT2D eigenvalue weighted by molar-refractivity contribution is -0.134. The Hall–Kier alpha value is -3.63. The van der Waals surface area contributed by atoms with Crippen LogP contribution in [0.4, 0.5) is 5.13 Å². The van der Waals surface area contributed by atoms with Gasteiger partial charge >= 0.3 is 11.9 Å². The number of likely N-dealkylation sites (N-methyl/N-ethyl adjacent to an activating group) is 1. The predicted molar refractivity (Wildman–Crippen MR) is 133 cm³/mol. The number of aliphatic carboxylic acids is 2. The van der Waals surface area contributed by atoms with E-state index in [1.807, 2.05) is 30.3 Å². The summed E-state index contributed by atoms with van der Waals surface area (Å²) in [5, 5.41) is 16.7. The van der Waals surface area contributed by atoms with Crippen LogP contribution in [0, 0.1) is 0 Å². The Kier molecular flexibility index (Phi) is 10.3. The van der Waals surface area contributed by atoms with Crippen molar-refractivity contribution in [3.8, 4) is 11.5 Å². The quantitative estimate of drug-likeness (QED) is 0.414. The van der Waals surface area contributed by atoms with Gasteiger partial charge in [-0.25, -0.2) is 14.6 Å². The van der Waals surface area contributed by atoms with Gasteiger partial charge in [-0.15, -0.1) is 0 Å². The van der Waals surface area contributed by atoms with E-state index >= 15 is 0 Å². The molecule has 0 amide bonds. The number of nitrogens with zero attached hydrogens (tertiary/aromatic N) is 3. The Labute approximate surface area is 202 Å². The van der Waals surface area contributed by atoms with Crippen molar-refractivity contribution in [3.63, 3.8) is 0 Å². The number of aromatic nitrogens is 1. The molecule has 0 radical (unpaired) electrons. The smallest absolute Gasteiger partial charge is 0.328 e. The van der Waals surface area contributed by atoms with Crippen LogP contribution in [0.2, 0.25) is 0 Å². The zero-order valence-corrected chi connectivity index (χ0v) is 20.4. The highest BCUT2D eigenvalue weighted by molar-refractivity contribution is 7.22. The first kappa shape index (κ1) is 26.6. The SMILES string of the molecule is COc1ccc(CN(CCN(C)C)c2nc3ccc(OC)cc3s2)cc1.O=C(O)/C=C/C(=O)O. The standard InChI is InChI=1S/C20H25N3O2S.C4H4O4/c1-22(2)11-12-23(14-15-5-7-16(24-3)8-6-15)20-21-18-10-9-17(25-4)13-19(18)26-20;5-3(6)1-2-4(7)8/h5-10,13H,11-12,14H2,1-4H3;1-2H,(H,5,6)(H,7,8)/b;2-1+. The summed E-state index contributed by atoms with van der Waals surface area (Å²) in [6, 6.07) is 14.3. The molecule has 182 valence electrons. The van der Waals surface area contributed by atoms with Crippen LogP contribution >= 0.6 is 11.3 Å². The largest absolute Gasteiger partial charge is 0.497 e. The molecular formula is C24H29N3O6S. The first-order valence-electron chi connectivity index (χ1n) is 10.3. The fraction of sp³-hybridized carbons (Fsp3) is 0.292. The number of thiazole rings is 1. The first-order valence-corrected chi connectivity index (χ1v) is 11.1. The summed E-state index contributed by atoms with van der Waals surface area (Å²) in [6.07, 6.45) is 1.12. The lowest BCUT2D eigenvalue weighted by Gasteiger charge is -2.24. The average Bonchev–Trinajstić information content (AvgIpc) is 3.24. The van der Waals surface area contributed by atoms with Crippen molar-refractivity contribution in [2.24, 2.45) is 0 Å². The van der Waals surface area contributed by atoms with Crippen molar-refractivity contribution in [2.45, 2.75) is 6.54 Å². The molecule has 3 aromatic rings. The van der Waals surface area contributed by atoms with Crippen LogP contribution in [0.3, 0.4) is 0 Å². The Balaban J connectivity index is 0.000000440. The Bertz CT molecular complexity index is 1100. The van der Waals surface area contributed by atoms with E-state index in [-0.39, 0.29) is 0 Å². The van der Waals surface area contributed by atoms with Gasteiger partial charge in [0, 0.05) is 31.8 Å². The summed E-state index contributed by atoms with van der Waals surface area (Å²) >= 11 is 1.71. The molecule has 10 heteroatoms. The summed E-state index contributed by atoms with van der Waals surface area (Å²) < 4.78 is 11.7. The number of ether oxygens (including phenoxy) is 2. The second-order valence-corrected chi connectivity index (χ2v) is 8.42. The van der Waals surface area contributed by atoms with E-state index in [0.717, 1.165) is 46.5 Å². The van der Waals surface area contributed by atoms with Crippen LogP contribution in [-0.2, 0) is 16.1 Å². The molecule has 0 spiro atoms.